The molecule has 68 valence electrons. The molecule has 0 atom stereocenters. The first-order valence-electron chi connectivity index (χ1n) is 3.59. The highest BCUT2D eigenvalue weighted by molar-refractivity contribution is 6.30. The molecule has 0 aliphatic carbocycles. The lowest BCUT2D eigenvalue weighted by atomic mass is 10.2. The van der Waals surface area contributed by atoms with Crippen molar-refractivity contribution in [1.29, 1.82) is 0 Å². The Labute approximate surface area is 77.5 Å². The molecular formula is C8H5ClF2N2. The molecule has 0 fully saturated rings. The number of fused-ring (bicyclic) bond motifs is 1. The molecule has 2 rings (SSSR count). The van der Waals surface area contributed by atoms with Gasteiger partial charge < -0.3 is 4.98 Å². The first-order chi connectivity index (χ1) is 6.18. The lowest BCUT2D eigenvalue weighted by Crippen LogP contribution is -1.81. The topological polar surface area (TPSA) is 28.7 Å². The summed E-state index contributed by atoms with van der Waals surface area (Å²) < 4.78 is 24.8. The van der Waals surface area contributed by atoms with Crippen LogP contribution in [-0.4, -0.2) is 9.97 Å². The van der Waals surface area contributed by atoms with Crippen LogP contribution in [0, 0.1) is 0 Å². The SMILES string of the molecule is FC(F)c1c[nH]c2cnc(Cl)cc12. The van der Waals surface area contributed by atoms with Crippen LogP contribution in [0.3, 0.4) is 0 Å². The van der Waals surface area contributed by atoms with E-state index in [0.717, 1.165) is 0 Å². The fourth-order valence-corrected chi connectivity index (χ4v) is 1.36. The van der Waals surface area contributed by atoms with E-state index in [1.54, 1.807) is 0 Å². The van der Waals surface area contributed by atoms with Crippen molar-refractivity contribution in [2.45, 2.75) is 6.43 Å². The number of H-pyrrole nitrogens is 1. The van der Waals surface area contributed by atoms with Crippen LogP contribution in [0.2, 0.25) is 5.15 Å². The maximum absolute atomic E-state index is 12.4. The highest BCUT2D eigenvalue weighted by atomic mass is 35.5. The van der Waals surface area contributed by atoms with Crippen LogP contribution in [0.4, 0.5) is 8.78 Å². The molecule has 0 saturated carbocycles. The first kappa shape index (κ1) is 8.44. The molecular weight excluding hydrogens is 198 g/mol. The van der Waals surface area contributed by atoms with E-state index in [4.69, 9.17) is 11.6 Å². The standard InChI is InChI=1S/C8H5ClF2N2/c9-7-1-4-5(8(10)11)2-12-6(4)3-13-7/h1-3,8,12H. The monoisotopic (exact) mass is 202 g/mol. The summed E-state index contributed by atoms with van der Waals surface area (Å²) >= 11 is 5.58. The average molecular weight is 203 g/mol. The number of pyridine rings is 1. The van der Waals surface area contributed by atoms with Gasteiger partial charge in [-0.15, -0.1) is 0 Å². The normalized spacial score (nSPS) is 11.4. The van der Waals surface area contributed by atoms with Crippen LogP contribution < -0.4 is 0 Å². The third-order valence-corrected chi connectivity index (χ3v) is 2.01. The maximum atomic E-state index is 12.4. The molecule has 0 aliphatic rings. The summed E-state index contributed by atoms with van der Waals surface area (Å²) in [7, 11) is 0. The highest BCUT2D eigenvalue weighted by Crippen LogP contribution is 2.28. The molecule has 0 bridgehead atoms. The van der Waals surface area contributed by atoms with Gasteiger partial charge in [0.15, 0.2) is 0 Å². The second-order valence-corrected chi connectivity index (χ2v) is 2.98. The van der Waals surface area contributed by atoms with Crippen molar-refractivity contribution in [3.63, 3.8) is 0 Å². The Morgan fingerprint density at radius 2 is 2.23 bits per heavy atom. The van der Waals surface area contributed by atoms with Crippen LogP contribution in [0.15, 0.2) is 18.5 Å². The lowest BCUT2D eigenvalue weighted by molar-refractivity contribution is 0.153. The number of nitrogens with zero attached hydrogens (tertiary/aromatic N) is 1. The van der Waals surface area contributed by atoms with Crippen LogP contribution in [0.25, 0.3) is 10.9 Å². The van der Waals surface area contributed by atoms with Gasteiger partial charge in [0, 0.05) is 17.1 Å². The van der Waals surface area contributed by atoms with E-state index >= 15 is 0 Å². The molecule has 0 amide bonds. The Bertz CT molecular complexity index is 439. The van der Waals surface area contributed by atoms with Gasteiger partial charge in [-0.3, -0.25) is 0 Å². The van der Waals surface area contributed by atoms with Crippen LogP contribution >= 0.6 is 11.6 Å². The van der Waals surface area contributed by atoms with Gasteiger partial charge in [-0.25, -0.2) is 13.8 Å². The number of hydrogen-bond acceptors (Lipinski definition) is 1. The summed E-state index contributed by atoms with van der Waals surface area (Å²) in [5, 5.41) is 0.643. The number of aromatic amines is 1. The van der Waals surface area contributed by atoms with Crippen molar-refractivity contribution < 1.29 is 8.78 Å². The maximum Gasteiger partial charge on any atom is 0.265 e. The van der Waals surface area contributed by atoms with E-state index < -0.39 is 6.43 Å². The Morgan fingerprint density at radius 3 is 2.92 bits per heavy atom. The van der Waals surface area contributed by atoms with Crippen molar-refractivity contribution in [1.82, 2.24) is 9.97 Å². The number of alkyl halides is 2. The second kappa shape index (κ2) is 2.96. The van der Waals surface area contributed by atoms with E-state index in [0.29, 0.717) is 10.9 Å². The predicted molar refractivity (Wildman–Crippen MR) is 46.1 cm³/mol. The minimum absolute atomic E-state index is 0.0423. The van der Waals surface area contributed by atoms with Crippen LogP contribution in [0.5, 0.6) is 0 Å². The second-order valence-electron chi connectivity index (χ2n) is 2.60. The number of halogens is 3. The van der Waals surface area contributed by atoms with Crippen molar-refractivity contribution in [3.05, 3.63) is 29.2 Å². The summed E-state index contributed by atoms with van der Waals surface area (Å²) in [6.07, 6.45) is 0.212. The Hall–Kier alpha value is -1.16. The molecule has 0 spiro atoms. The molecule has 5 heteroatoms. The molecule has 1 N–H and O–H groups in total. The molecule has 0 aliphatic heterocycles. The molecule has 2 nitrogen and oxygen atoms in total. The van der Waals surface area contributed by atoms with Crippen molar-refractivity contribution in [2.24, 2.45) is 0 Å². The van der Waals surface area contributed by atoms with Gasteiger partial charge in [-0.05, 0) is 6.07 Å². The van der Waals surface area contributed by atoms with Gasteiger partial charge in [-0.2, -0.15) is 0 Å². The fourth-order valence-electron chi connectivity index (χ4n) is 1.20. The van der Waals surface area contributed by atoms with E-state index in [1.165, 1.54) is 18.5 Å². The number of nitrogens with one attached hydrogen (secondary N) is 1. The summed E-state index contributed by atoms with van der Waals surface area (Å²) in [5.74, 6) is 0. The van der Waals surface area contributed by atoms with E-state index in [-0.39, 0.29) is 10.7 Å². The molecule has 0 radical (unpaired) electrons. The van der Waals surface area contributed by atoms with E-state index in [9.17, 15) is 8.78 Å². The molecule has 13 heavy (non-hydrogen) atoms. The van der Waals surface area contributed by atoms with E-state index in [2.05, 4.69) is 9.97 Å². The molecule has 2 aromatic heterocycles. The third-order valence-electron chi connectivity index (χ3n) is 1.80. The van der Waals surface area contributed by atoms with Gasteiger partial charge in [0.25, 0.3) is 6.43 Å². The first-order valence-corrected chi connectivity index (χ1v) is 3.97. The third kappa shape index (κ3) is 1.37. The zero-order valence-electron chi connectivity index (χ0n) is 6.39. The van der Waals surface area contributed by atoms with Gasteiger partial charge >= 0.3 is 0 Å². The lowest BCUT2D eigenvalue weighted by Gasteiger charge is -1.95. The largest absolute Gasteiger partial charge is 0.359 e. The minimum Gasteiger partial charge on any atom is -0.359 e. The number of aromatic nitrogens is 2. The zero-order chi connectivity index (χ0) is 9.42. The minimum atomic E-state index is -2.49. The van der Waals surface area contributed by atoms with Crippen LogP contribution in [0.1, 0.15) is 12.0 Å². The zero-order valence-corrected chi connectivity index (χ0v) is 7.15. The Morgan fingerprint density at radius 1 is 1.46 bits per heavy atom. The molecule has 2 heterocycles. The highest BCUT2D eigenvalue weighted by Gasteiger charge is 2.13. The number of rotatable bonds is 1. The number of hydrogen-bond donors (Lipinski definition) is 1. The Kier molecular flexibility index (Phi) is 1.92. The Balaban J connectivity index is 2.71. The van der Waals surface area contributed by atoms with Crippen molar-refractivity contribution >= 4 is 22.5 Å². The summed E-state index contributed by atoms with van der Waals surface area (Å²) in [6, 6.07) is 1.43. The van der Waals surface area contributed by atoms with Crippen LogP contribution in [-0.2, 0) is 0 Å². The quantitative estimate of drug-likeness (QED) is 0.707. The molecule has 0 aromatic carbocycles. The van der Waals surface area contributed by atoms with Gasteiger partial charge in [0.2, 0.25) is 0 Å². The van der Waals surface area contributed by atoms with Gasteiger partial charge in [0.1, 0.15) is 5.15 Å². The predicted octanol–water partition coefficient (Wildman–Crippen LogP) is 3.15. The van der Waals surface area contributed by atoms with Crippen molar-refractivity contribution in [2.75, 3.05) is 0 Å². The summed E-state index contributed by atoms with van der Waals surface area (Å²) in [4.78, 5) is 6.46. The summed E-state index contributed by atoms with van der Waals surface area (Å²) in [5.41, 5.74) is 0.527. The molecule has 0 saturated heterocycles. The average Bonchev–Trinajstić information content (AvgIpc) is 2.46. The van der Waals surface area contributed by atoms with Gasteiger partial charge in [-0.1, -0.05) is 11.6 Å². The fraction of sp³-hybridized carbons (Fsp3) is 0.125. The van der Waals surface area contributed by atoms with Crippen molar-refractivity contribution in [3.8, 4) is 0 Å². The smallest absolute Gasteiger partial charge is 0.265 e. The summed E-state index contributed by atoms with van der Waals surface area (Å²) in [6.45, 7) is 0. The molecule has 0 unspecified atom stereocenters. The molecule has 2 aromatic rings. The van der Waals surface area contributed by atoms with Gasteiger partial charge in [0.05, 0.1) is 11.7 Å². The van der Waals surface area contributed by atoms with E-state index in [1.807, 2.05) is 0 Å².